The van der Waals surface area contributed by atoms with E-state index in [1.165, 1.54) is 12.8 Å². The third kappa shape index (κ3) is 5.00. The van der Waals surface area contributed by atoms with Crippen LogP contribution in [0.5, 0.6) is 0 Å². The maximum absolute atomic E-state index is 5.70. The molecule has 5 heteroatoms. The summed E-state index contributed by atoms with van der Waals surface area (Å²) in [6.45, 7) is 9.93. The first-order chi connectivity index (χ1) is 10.1. The maximum Gasteiger partial charge on any atom is 0.297 e. The van der Waals surface area contributed by atoms with Gasteiger partial charge in [0.05, 0.1) is 12.3 Å². The van der Waals surface area contributed by atoms with Crippen LogP contribution in [-0.2, 0) is 11.3 Å². The fourth-order valence-corrected chi connectivity index (χ4v) is 2.49. The first-order valence-corrected chi connectivity index (χ1v) is 8.02. The number of nitrogens with zero attached hydrogens (tertiary/aromatic N) is 2. The molecule has 0 saturated heterocycles. The second kappa shape index (κ2) is 7.80. The molecule has 1 atom stereocenters. The highest BCUT2D eigenvalue weighted by atomic mass is 16.5. The van der Waals surface area contributed by atoms with E-state index >= 15 is 0 Å². The van der Waals surface area contributed by atoms with E-state index in [0.29, 0.717) is 18.6 Å². The molecule has 2 rings (SSSR count). The molecule has 21 heavy (non-hydrogen) atoms. The Hall–Kier alpha value is -1.07. The molecule has 0 aromatic carbocycles. The quantitative estimate of drug-likeness (QED) is 0.719. The maximum atomic E-state index is 5.70. The Morgan fingerprint density at radius 3 is 2.81 bits per heavy atom. The van der Waals surface area contributed by atoms with Gasteiger partial charge in [-0.05, 0) is 38.1 Å². The molecule has 1 saturated carbocycles. The molecule has 1 aliphatic rings. The summed E-state index contributed by atoms with van der Waals surface area (Å²) in [4.78, 5) is 6.88. The van der Waals surface area contributed by atoms with Gasteiger partial charge in [-0.15, -0.1) is 0 Å². The molecule has 0 aliphatic heterocycles. The summed E-state index contributed by atoms with van der Waals surface area (Å²) in [7, 11) is 1.73. The zero-order valence-corrected chi connectivity index (χ0v) is 13.8. The van der Waals surface area contributed by atoms with Gasteiger partial charge in [0.15, 0.2) is 0 Å². The van der Waals surface area contributed by atoms with E-state index in [0.717, 1.165) is 37.3 Å². The number of ether oxygens (including phenoxy) is 1. The molecule has 0 amide bonds. The highest BCUT2D eigenvalue weighted by Gasteiger charge is 2.33. The topological polar surface area (TPSA) is 50.5 Å². The van der Waals surface area contributed by atoms with Crippen LogP contribution in [0.15, 0.2) is 10.7 Å². The predicted molar refractivity (Wildman–Crippen MR) is 84.5 cm³/mol. The molecule has 1 fully saturated rings. The number of oxazole rings is 1. The lowest BCUT2D eigenvalue weighted by atomic mass is 10.2. The lowest BCUT2D eigenvalue weighted by Gasteiger charge is -2.27. The van der Waals surface area contributed by atoms with E-state index in [2.05, 4.69) is 36.0 Å². The summed E-state index contributed by atoms with van der Waals surface area (Å²) >= 11 is 0. The minimum absolute atomic E-state index is 0.468. The summed E-state index contributed by atoms with van der Waals surface area (Å²) in [5, 5.41) is 3.40. The number of methoxy groups -OCH3 is 1. The summed E-state index contributed by atoms with van der Waals surface area (Å²) in [6, 6.07) is 1.20. The SMILES string of the molecule is COCCN(c1nc(CNCC(C)C)co1)C(C)C1CC1. The fraction of sp³-hybridized carbons (Fsp3) is 0.812. The van der Waals surface area contributed by atoms with Crippen molar-refractivity contribution >= 4 is 6.01 Å². The van der Waals surface area contributed by atoms with Crippen LogP contribution in [-0.4, -0.2) is 37.8 Å². The second-order valence-electron chi connectivity index (χ2n) is 6.41. The standard InChI is InChI=1S/C16H29N3O2/c1-12(2)9-17-10-15-11-21-16(18-15)19(7-8-20-4)13(3)14-5-6-14/h11-14,17H,5-10H2,1-4H3. The van der Waals surface area contributed by atoms with E-state index in [9.17, 15) is 0 Å². The predicted octanol–water partition coefficient (Wildman–Crippen LogP) is 2.67. The van der Waals surface area contributed by atoms with Gasteiger partial charge in [-0.1, -0.05) is 13.8 Å². The number of nitrogens with one attached hydrogen (secondary N) is 1. The van der Waals surface area contributed by atoms with Crippen LogP contribution >= 0.6 is 0 Å². The molecular formula is C16H29N3O2. The van der Waals surface area contributed by atoms with Crippen molar-refractivity contribution in [2.45, 2.75) is 46.2 Å². The van der Waals surface area contributed by atoms with E-state index in [1.807, 2.05) is 0 Å². The molecule has 120 valence electrons. The fourth-order valence-electron chi connectivity index (χ4n) is 2.49. The third-order valence-electron chi connectivity index (χ3n) is 3.98. The summed E-state index contributed by atoms with van der Waals surface area (Å²) in [5.41, 5.74) is 0.969. The Morgan fingerprint density at radius 1 is 1.43 bits per heavy atom. The molecule has 0 bridgehead atoms. The minimum Gasteiger partial charge on any atom is -0.432 e. The number of aromatic nitrogens is 1. The Morgan fingerprint density at radius 2 is 2.19 bits per heavy atom. The van der Waals surface area contributed by atoms with Crippen molar-refractivity contribution in [3.05, 3.63) is 12.0 Å². The molecular weight excluding hydrogens is 266 g/mol. The normalized spacial score (nSPS) is 16.4. The lowest BCUT2D eigenvalue weighted by molar-refractivity contribution is 0.201. The molecule has 1 aromatic heterocycles. The zero-order chi connectivity index (χ0) is 15.2. The third-order valence-corrected chi connectivity index (χ3v) is 3.98. The first kappa shape index (κ1) is 16.3. The van der Waals surface area contributed by atoms with E-state index in [4.69, 9.17) is 9.15 Å². The average Bonchev–Trinajstić information content (AvgIpc) is 3.20. The van der Waals surface area contributed by atoms with Crippen LogP contribution in [0.25, 0.3) is 0 Å². The van der Waals surface area contributed by atoms with Gasteiger partial charge < -0.3 is 19.4 Å². The van der Waals surface area contributed by atoms with Crippen LogP contribution < -0.4 is 10.2 Å². The van der Waals surface area contributed by atoms with E-state index < -0.39 is 0 Å². The molecule has 0 spiro atoms. The van der Waals surface area contributed by atoms with Crippen molar-refractivity contribution in [1.29, 1.82) is 0 Å². The van der Waals surface area contributed by atoms with Crippen molar-refractivity contribution in [1.82, 2.24) is 10.3 Å². The van der Waals surface area contributed by atoms with Crippen LogP contribution in [0, 0.1) is 11.8 Å². The van der Waals surface area contributed by atoms with Crippen molar-refractivity contribution in [3.8, 4) is 0 Å². The molecule has 1 heterocycles. The van der Waals surface area contributed by atoms with E-state index in [1.54, 1.807) is 13.4 Å². The van der Waals surface area contributed by atoms with Crippen LogP contribution in [0.1, 0.15) is 39.3 Å². The Labute approximate surface area is 128 Å². The van der Waals surface area contributed by atoms with Crippen LogP contribution in [0.4, 0.5) is 6.01 Å². The monoisotopic (exact) mass is 295 g/mol. The van der Waals surface area contributed by atoms with Crippen molar-refractivity contribution < 1.29 is 9.15 Å². The van der Waals surface area contributed by atoms with Crippen molar-refractivity contribution in [2.75, 3.05) is 31.7 Å². The number of hydrogen-bond acceptors (Lipinski definition) is 5. The Kier molecular flexibility index (Phi) is 6.06. The second-order valence-corrected chi connectivity index (χ2v) is 6.41. The summed E-state index contributed by atoms with van der Waals surface area (Å²) in [6.07, 6.45) is 4.39. The molecule has 1 unspecified atom stereocenters. The van der Waals surface area contributed by atoms with Gasteiger partial charge in [0.2, 0.25) is 0 Å². The molecule has 1 N–H and O–H groups in total. The van der Waals surface area contributed by atoms with Gasteiger partial charge in [-0.25, -0.2) is 0 Å². The highest BCUT2D eigenvalue weighted by Crippen LogP contribution is 2.36. The number of rotatable bonds is 10. The average molecular weight is 295 g/mol. The van der Waals surface area contributed by atoms with Gasteiger partial charge in [0.1, 0.15) is 6.26 Å². The summed E-state index contributed by atoms with van der Waals surface area (Å²) in [5.74, 6) is 1.42. The largest absolute Gasteiger partial charge is 0.432 e. The lowest BCUT2D eigenvalue weighted by Crippen LogP contribution is -2.37. The molecule has 0 radical (unpaired) electrons. The Bertz CT molecular complexity index is 415. The smallest absolute Gasteiger partial charge is 0.297 e. The van der Waals surface area contributed by atoms with Crippen molar-refractivity contribution in [2.24, 2.45) is 11.8 Å². The number of anilines is 1. The molecule has 1 aromatic rings. The van der Waals surface area contributed by atoms with Gasteiger partial charge >= 0.3 is 0 Å². The van der Waals surface area contributed by atoms with Gasteiger partial charge in [-0.3, -0.25) is 0 Å². The molecule has 1 aliphatic carbocycles. The summed E-state index contributed by atoms with van der Waals surface area (Å²) < 4.78 is 10.9. The first-order valence-electron chi connectivity index (χ1n) is 8.02. The van der Waals surface area contributed by atoms with E-state index in [-0.39, 0.29) is 0 Å². The zero-order valence-electron chi connectivity index (χ0n) is 13.8. The molecule has 5 nitrogen and oxygen atoms in total. The Balaban J connectivity index is 1.93. The van der Waals surface area contributed by atoms with Crippen molar-refractivity contribution in [3.63, 3.8) is 0 Å². The number of hydrogen-bond donors (Lipinski definition) is 1. The van der Waals surface area contributed by atoms with Crippen LogP contribution in [0.3, 0.4) is 0 Å². The van der Waals surface area contributed by atoms with Gasteiger partial charge in [0, 0.05) is 26.2 Å². The van der Waals surface area contributed by atoms with Gasteiger partial charge in [-0.2, -0.15) is 4.98 Å². The minimum atomic E-state index is 0.468. The van der Waals surface area contributed by atoms with Crippen LogP contribution in [0.2, 0.25) is 0 Å². The highest BCUT2D eigenvalue weighted by molar-refractivity contribution is 5.30. The van der Waals surface area contributed by atoms with Gasteiger partial charge in [0.25, 0.3) is 6.01 Å².